The third-order valence-corrected chi connectivity index (χ3v) is 9.81. The van der Waals surface area contributed by atoms with Crippen LogP contribution < -0.4 is 30.2 Å². The number of aromatic nitrogens is 2. The summed E-state index contributed by atoms with van der Waals surface area (Å²) >= 11 is 0. The monoisotopic (exact) mass is 837 g/mol. The van der Waals surface area contributed by atoms with Crippen molar-refractivity contribution in [1.29, 1.82) is 0 Å². The normalized spacial score (nSPS) is 11.6. The highest BCUT2D eigenvalue weighted by atomic mass is 16.5. The number of aromatic carboxylic acids is 1. The number of aliphatic hydroxyl groups is 1. The lowest BCUT2D eigenvalue weighted by Crippen LogP contribution is -2.33. The van der Waals surface area contributed by atoms with E-state index in [2.05, 4.69) is 33.1 Å². The van der Waals surface area contributed by atoms with E-state index in [1.165, 1.54) is 5.56 Å². The molecule has 0 fully saturated rings. The molecule has 0 saturated carbocycles. The number of carboxylic acids is 1. The van der Waals surface area contributed by atoms with Gasteiger partial charge < -0.3 is 49.8 Å². The highest BCUT2D eigenvalue weighted by Crippen LogP contribution is 2.33. The molecule has 62 heavy (non-hydrogen) atoms. The number of hydrogen-bond donors (Lipinski definition) is 5. The molecule has 320 valence electrons. The summed E-state index contributed by atoms with van der Waals surface area (Å²) in [6.45, 7) is 4.38. The van der Waals surface area contributed by atoms with Crippen LogP contribution in [0.4, 0.5) is 17.2 Å². The Hall–Kier alpha value is -6.77. The molecule has 0 aliphatic heterocycles. The molecular weight excluding hydrogens is 787 g/mol. The first kappa shape index (κ1) is 43.3. The van der Waals surface area contributed by atoms with Crippen LogP contribution >= 0.6 is 0 Å². The molecule has 5 aromatic carbocycles. The minimum Gasteiger partial charge on any atom is -0.491 e. The lowest BCUT2D eigenvalue weighted by molar-refractivity contribution is 0.0506. The molecule has 1 unspecified atom stereocenters. The number of carboxylic acid groups (broad SMARTS) is 1. The first-order chi connectivity index (χ1) is 30.5. The Balaban J connectivity index is 0.767. The fourth-order valence-electron chi connectivity index (χ4n) is 6.64. The van der Waals surface area contributed by atoms with E-state index in [9.17, 15) is 15.0 Å². The molecule has 13 nitrogen and oxygen atoms in total. The summed E-state index contributed by atoms with van der Waals surface area (Å²) in [5.74, 6) is 1.39. The summed E-state index contributed by atoms with van der Waals surface area (Å²) in [5.41, 5.74) is 4.71. The molecule has 2 aromatic heterocycles. The molecule has 0 amide bonds. The minimum absolute atomic E-state index is 0.109. The van der Waals surface area contributed by atoms with Crippen molar-refractivity contribution in [2.75, 3.05) is 69.9 Å². The van der Waals surface area contributed by atoms with Crippen LogP contribution in [0.2, 0.25) is 0 Å². The van der Waals surface area contributed by atoms with Gasteiger partial charge in [-0.25, -0.2) is 9.78 Å². The van der Waals surface area contributed by atoms with Gasteiger partial charge in [0, 0.05) is 72.0 Å². The van der Waals surface area contributed by atoms with Gasteiger partial charge in [-0.2, -0.15) is 0 Å². The van der Waals surface area contributed by atoms with Gasteiger partial charge in [0.25, 0.3) is 0 Å². The average Bonchev–Trinajstić information content (AvgIpc) is 3.30. The highest BCUT2D eigenvalue weighted by Gasteiger charge is 2.13. The number of anilines is 3. The van der Waals surface area contributed by atoms with Gasteiger partial charge in [-0.1, -0.05) is 72.8 Å². The number of rotatable bonds is 25. The molecule has 0 saturated heterocycles. The lowest BCUT2D eigenvalue weighted by atomic mass is 10.1. The van der Waals surface area contributed by atoms with E-state index in [1.54, 1.807) is 36.7 Å². The van der Waals surface area contributed by atoms with E-state index in [0.717, 1.165) is 39.5 Å². The molecule has 7 aromatic rings. The minimum atomic E-state index is -1.01. The van der Waals surface area contributed by atoms with Crippen molar-refractivity contribution in [2.45, 2.75) is 19.1 Å². The van der Waals surface area contributed by atoms with Gasteiger partial charge in [0.2, 0.25) is 0 Å². The van der Waals surface area contributed by atoms with Gasteiger partial charge >= 0.3 is 5.97 Å². The van der Waals surface area contributed by atoms with Crippen LogP contribution in [0.15, 0.2) is 140 Å². The first-order valence-electron chi connectivity index (χ1n) is 20.6. The second-order valence-electron chi connectivity index (χ2n) is 14.4. The number of fused-ring (bicyclic) bond motifs is 3. The number of hydrogen-bond acceptors (Lipinski definition) is 12. The van der Waals surface area contributed by atoms with Gasteiger partial charge in [-0.05, 0) is 59.7 Å². The summed E-state index contributed by atoms with van der Waals surface area (Å²) in [4.78, 5) is 20.6. The SMILES string of the molecule is O=C(O)c1ccc2c(c1)nc(Nc1cccc(NCCOCCOCCNCC(O)COc3ccc(OCc4ccccc4)c(OCCc4ccccc4)c3)c1)c1ccncc12. The molecule has 0 aliphatic rings. The van der Waals surface area contributed by atoms with Crippen molar-refractivity contribution in [3.63, 3.8) is 0 Å². The Morgan fingerprint density at radius 2 is 1.44 bits per heavy atom. The molecule has 0 spiro atoms. The topological polar surface area (TPSA) is 166 Å². The average molecular weight is 838 g/mol. The third-order valence-electron chi connectivity index (χ3n) is 9.81. The van der Waals surface area contributed by atoms with Crippen molar-refractivity contribution >= 4 is 44.8 Å². The van der Waals surface area contributed by atoms with Crippen LogP contribution in [0.3, 0.4) is 0 Å². The maximum atomic E-state index is 11.6. The summed E-state index contributed by atoms with van der Waals surface area (Å²) in [6.07, 6.45) is 3.51. The Labute approximate surface area is 360 Å². The summed E-state index contributed by atoms with van der Waals surface area (Å²) in [7, 11) is 0. The quantitative estimate of drug-likeness (QED) is 0.0279. The molecule has 0 bridgehead atoms. The smallest absolute Gasteiger partial charge is 0.335 e. The number of aliphatic hydroxyl groups excluding tert-OH is 1. The van der Waals surface area contributed by atoms with Gasteiger partial charge in [-0.15, -0.1) is 0 Å². The van der Waals surface area contributed by atoms with Crippen LogP contribution in [0.25, 0.3) is 21.7 Å². The van der Waals surface area contributed by atoms with Gasteiger partial charge in [0.15, 0.2) is 11.5 Å². The van der Waals surface area contributed by atoms with E-state index in [4.69, 9.17) is 28.7 Å². The van der Waals surface area contributed by atoms with Crippen molar-refractivity contribution < 1.29 is 38.7 Å². The zero-order valence-electron chi connectivity index (χ0n) is 34.4. The van der Waals surface area contributed by atoms with Gasteiger partial charge in [0.1, 0.15) is 30.9 Å². The fourth-order valence-corrected chi connectivity index (χ4v) is 6.64. The first-order valence-corrected chi connectivity index (χ1v) is 20.6. The van der Waals surface area contributed by atoms with Gasteiger partial charge in [-0.3, -0.25) is 4.98 Å². The summed E-state index contributed by atoms with van der Waals surface area (Å²) < 4.78 is 29.6. The van der Waals surface area contributed by atoms with E-state index in [0.29, 0.717) is 87.9 Å². The number of nitrogens with one attached hydrogen (secondary N) is 3. The standard InChI is InChI=1S/C49H51N5O8/c55-40(34-61-41-15-17-46(62-33-36-10-5-2-6-11-36)47(30-41)60-23-19-35-8-3-1-4-9-35)31-51-21-24-58-26-27-59-25-22-52-38-12-7-13-39(29-38)53-48-43-18-20-50-32-44(43)42-16-14-37(49(56)57)28-45(42)54-48/h1-18,20,28-30,32,40,51-52,55H,19,21-27,31,33-34H2,(H,53,54)(H,56,57). The van der Waals surface area contributed by atoms with Crippen LogP contribution in [0.5, 0.6) is 17.2 Å². The fraction of sp³-hybridized carbons (Fsp3) is 0.245. The second-order valence-corrected chi connectivity index (χ2v) is 14.4. The molecule has 0 radical (unpaired) electrons. The number of nitrogens with zero attached hydrogens (tertiary/aromatic N) is 2. The Bertz CT molecular complexity index is 2490. The van der Waals surface area contributed by atoms with Crippen molar-refractivity contribution in [3.05, 3.63) is 156 Å². The van der Waals surface area contributed by atoms with Crippen molar-refractivity contribution in [2.24, 2.45) is 0 Å². The zero-order chi connectivity index (χ0) is 42.8. The lowest BCUT2D eigenvalue weighted by Gasteiger charge is -2.17. The van der Waals surface area contributed by atoms with E-state index < -0.39 is 12.1 Å². The van der Waals surface area contributed by atoms with Gasteiger partial charge in [0.05, 0.1) is 44.1 Å². The zero-order valence-corrected chi connectivity index (χ0v) is 34.4. The molecular formula is C49H51N5O8. The van der Waals surface area contributed by atoms with E-state index in [-0.39, 0.29) is 12.2 Å². The Morgan fingerprint density at radius 3 is 2.24 bits per heavy atom. The number of carbonyl (C=O) groups is 1. The molecule has 5 N–H and O–H groups in total. The maximum absolute atomic E-state index is 11.6. The number of pyridine rings is 2. The van der Waals surface area contributed by atoms with Crippen LogP contribution in [-0.4, -0.2) is 91.5 Å². The van der Waals surface area contributed by atoms with Crippen molar-refractivity contribution in [3.8, 4) is 17.2 Å². The molecule has 7 rings (SSSR count). The Kier molecular flexibility index (Phi) is 15.9. The molecule has 1 atom stereocenters. The number of benzene rings is 5. The molecule has 13 heteroatoms. The van der Waals surface area contributed by atoms with Crippen LogP contribution in [0.1, 0.15) is 21.5 Å². The third kappa shape index (κ3) is 12.9. The summed E-state index contributed by atoms with van der Waals surface area (Å²) in [5, 5.41) is 32.6. The molecule has 2 heterocycles. The second kappa shape index (κ2) is 22.7. The van der Waals surface area contributed by atoms with E-state index in [1.807, 2.05) is 91.0 Å². The largest absolute Gasteiger partial charge is 0.491 e. The predicted octanol–water partition coefficient (Wildman–Crippen LogP) is 7.90. The van der Waals surface area contributed by atoms with Crippen molar-refractivity contribution in [1.82, 2.24) is 15.3 Å². The van der Waals surface area contributed by atoms with E-state index >= 15 is 0 Å². The maximum Gasteiger partial charge on any atom is 0.335 e. The van der Waals surface area contributed by atoms with Crippen LogP contribution in [0, 0.1) is 0 Å². The number of ether oxygens (including phenoxy) is 5. The Morgan fingerprint density at radius 1 is 0.661 bits per heavy atom. The highest BCUT2D eigenvalue weighted by molar-refractivity contribution is 6.11. The molecule has 0 aliphatic carbocycles. The predicted molar refractivity (Wildman–Crippen MR) is 241 cm³/mol. The van der Waals surface area contributed by atoms with Crippen LogP contribution in [-0.2, 0) is 22.5 Å². The summed E-state index contributed by atoms with van der Waals surface area (Å²) in [6, 6.07) is 40.3.